The summed E-state index contributed by atoms with van der Waals surface area (Å²) in [6.45, 7) is 1.60. The highest BCUT2D eigenvalue weighted by molar-refractivity contribution is 6.33. The van der Waals surface area contributed by atoms with Crippen molar-refractivity contribution in [2.75, 3.05) is 0 Å². The van der Waals surface area contributed by atoms with E-state index in [4.69, 9.17) is 25.3 Å². The number of ether oxygens (including phenoxy) is 1. The summed E-state index contributed by atoms with van der Waals surface area (Å²) in [5.74, 6) is -0.987. The van der Waals surface area contributed by atoms with Gasteiger partial charge in [-0.25, -0.2) is 4.39 Å². The maximum Gasteiger partial charge on any atom is 0.305 e. The molecule has 2 N–H and O–H groups in total. The summed E-state index contributed by atoms with van der Waals surface area (Å²) in [7, 11) is 0. The van der Waals surface area contributed by atoms with Gasteiger partial charge in [0.05, 0.1) is 10.6 Å². The monoisotopic (exact) mass is 469 g/mol. The number of rotatable bonds is 6. The molecule has 0 aliphatic heterocycles. The maximum atomic E-state index is 14.3. The summed E-state index contributed by atoms with van der Waals surface area (Å²) in [5.41, 5.74) is 4.25. The fourth-order valence-corrected chi connectivity index (χ4v) is 3.27. The van der Waals surface area contributed by atoms with Crippen molar-refractivity contribution in [3.63, 3.8) is 0 Å². The molecule has 0 unspecified atom stereocenters. The molecule has 0 atom stereocenters. The number of carbonyl (C=O) groups is 2. The SMILES string of the molecule is Cc1onc(-c2c(F)cccc2Cl)c1C(=O)NNC(=O)c1ccc(COc2ccccc2)o1. The van der Waals surface area contributed by atoms with Gasteiger partial charge in [-0.05, 0) is 43.3 Å². The number of furan rings is 1. The molecule has 2 aromatic heterocycles. The molecule has 0 saturated carbocycles. The standard InChI is InChI=1S/C23H17ClFN3O5/c1-13-19(21(28-33-13)20-16(24)8-5-9-17(20)25)23(30)27-26-22(29)18-11-10-15(32-18)12-31-14-6-3-2-4-7-14/h2-11H,12H2,1H3,(H,26,29)(H,27,30). The van der Waals surface area contributed by atoms with Crippen LogP contribution in [0.1, 0.15) is 32.4 Å². The average Bonchev–Trinajstić information content (AvgIpc) is 3.43. The van der Waals surface area contributed by atoms with Crippen LogP contribution in [0.15, 0.2) is 69.6 Å². The molecule has 8 nitrogen and oxygen atoms in total. The Balaban J connectivity index is 1.41. The number of aryl methyl sites for hydroxylation is 1. The Bertz CT molecular complexity index is 1280. The van der Waals surface area contributed by atoms with Crippen LogP contribution in [0, 0.1) is 12.7 Å². The second kappa shape index (κ2) is 9.58. The van der Waals surface area contributed by atoms with Crippen molar-refractivity contribution in [2.24, 2.45) is 0 Å². The first-order valence-corrected chi connectivity index (χ1v) is 10.1. The summed E-state index contributed by atoms with van der Waals surface area (Å²) in [6.07, 6.45) is 0. The second-order valence-electron chi connectivity index (χ2n) is 6.83. The van der Waals surface area contributed by atoms with E-state index in [1.165, 1.54) is 31.2 Å². The highest BCUT2D eigenvalue weighted by atomic mass is 35.5. The smallest absolute Gasteiger partial charge is 0.305 e. The Morgan fingerprint density at radius 2 is 1.79 bits per heavy atom. The Labute approximate surface area is 192 Å². The Kier molecular flexibility index (Phi) is 6.41. The third-order valence-corrected chi connectivity index (χ3v) is 4.90. The first-order valence-electron chi connectivity index (χ1n) is 9.72. The van der Waals surface area contributed by atoms with Crippen LogP contribution >= 0.6 is 11.6 Å². The van der Waals surface area contributed by atoms with Gasteiger partial charge >= 0.3 is 5.91 Å². The lowest BCUT2D eigenvalue weighted by molar-refractivity contribution is 0.0828. The minimum atomic E-state index is -0.768. The Morgan fingerprint density at radius 3 is 2.55 bits per heavy atom. The zero-order chi connectivity index (χ0) is 23.4. The zero-order valence-corrected chi connectivity index (χ0v) is 18.0. The van der Waals surface area contributed by atoms with Crippen LogP contribution in [-0.4, -0.2) is 17.0 Å². The summed E-state index contributed by atoms with van der Waals surface area (Å²) in [5, 5.41) is 3.81. The number of hydrogen-bond donors (Lipinski definition) is 2. The Hall–Kier alpha value is -4.11. The number of hydrazine groups is 1. The second-order valence-corrected chi connectivity index (χ2v) is 7.24. The molecule has 33 heavy (non-hydrogen) atoms. The van der Waals surface area contributed by atoms with Crippen LogP contribution in [0.3, 0.4) is 0 Å². The average molecular weight is 470 g/mol. The van der Waals surface area contributed by atoms with Crippen molar-refractivity contribution in [1.29, 1.82) is 0 Å². The van der Waals surface area contributed by atoms with Crippen LogP contribution in [0.4, 0.5) is 4.39 Å². The van der Waals surface area contributed by atoms with Gasteiger partial charge in [-0.1, -0.05) is 41.0 Å². The fraction of sp³-hybridized carbons (Fsp3) is 0.0870. The van der Waals surface area contributed by atoms with E-state index in [0.717, 1.165) is 0 Å². The highest BCUT2D eigenvalue weighted by Gasteiger charge is 2.26. The molecular weight excluding hydrogens is 453 g/mol. The topological polar surface area (TPSA) is 107 Å². The lowest BCUT2D eigenvalue weighted by Crippen LogP contribution is -2.41. The third kappa shape index (κ3) is 4.88. The normalized spacial score (nSPS) is 10.6. The molecule has 168 valence electrons. The van der Waals surface area contributed by atoms with Gasteiger partial charge in [0.25, 0.3) is 5.91 Å². The molecule has 0 radical (unpaired) electrons. The molecule has 4 rings (SSSR count). The third-order valence-electron chi connectivity index (χ3n) is 4.59. The molecule has 2 amide bonds. The maximum absolute atomic E-state index is 14.3. The van der Waals surface area contributed by atoms with Crippen molar-refractivity contribution >= 4 is 23.4 Å². The number of carbonyl (C=O) groups excluding carboxylic acids is 2. The molecule has 0 bridgehead atoms. The van der Waals surface area contributed by atoms with E-state index in [0.29, 0.717) is 11.5 Å². The van der Waals surface area contributed by atoms with E-state index in [-0.39, 0.29) is 40.0 Å². The zero-order valence-electron chi connectivity index (χ0n) is 17.2. The molecule has 0 spiro atoms. The minimum absolute atomic E-state index is 0.0404. The van der Waals surface area contributed by atoms with Crippen LogP contribution in [-0.2, 0) is 6.61 Å². The van der Waals surface area contributed by atoms with Crippen LogP contribution in [0.25, 0.3) is 11.3 Å². The predicted molar refractivity (Wildman–Crippen MR) is 116 cm³/mol. The van der Waals surface area contributed by atoms with E-state index in [9.17, 15) is 14.0 Å². The van der Waals surface area contributed by atoms with Gasteiger partial charge in [0, 0.05) is 0 Å². The van der Waals surface area contributed by atoms with Gasteiger partial charge in [0.2, 0.25) is 0 Å². The summed E-state index contributed by atoms with van der Waals surface area (Å²) in [4.78, 5) is 25.1. The summed E-state index contributed by atoms with van der Waals surface area (Å²) < 4.78 is 30.4. The number of para-hydroxylation sites is 1. The van der Waals surface area contributed by atoms with Crippen molar-refractivity contribution in [2.45, 2.75) is 13.5 Å². The quantitative estimate of drug-likeness (QED) is 0.397. The van der Waals surface area contributed by atoms with E-state index >= 15 is 0 Å². The molecular formula is C23H17ClFN3O5. The minimum Gasteiger partial charge on any atom is -0.486 e. The number of nitrogens with zero attached hydrogens (tertiary/aromatic N) is 1. The number of amides is 2. The van der Waals surface area contributed by atoms with Crippen molar-refractivity contribution in [1.82, 2.24) is 16.0 Å². The lowest BCUT2D eigenvalue weighted by Gasteiger charge is -2.08. The molecule has 0 saturated heterocycles. The van der Waals surface area contributed by atoms with E-state index in [2.05, 4.69) is 16.0 Å². The fourth-order valence-electron chi connectivity index (χ4n) is 3.02. The van der Waals surface area contributed by atoms with E-state index in [1.807, 2.05) is 18.2 Å². The van der Waals surface area contributed by atoms with E-state index < -0.39 is 17.6 Å². The van der Waals surface area contributed by atoms with Gasteiger partial charge in [-0.15, -0.1) is 0 Å². The van der Waals surface area contributed by atoms with Gasteiger partial charge < -0.3 is 13.7 Å². The van der Waals surface area contributed by atoms with Crippen molar-refractivity contribution in [3.05, 3.63) is 94.3 Å². The van der Waals surface area contributed by atoms with Gasteiger partial charge in [-0.3, -0.25) is 20.4 Å². The number of benzene rings is 2. The van der Waals surface area contributed by atoms with Crippen molar-refractivity contribution in [3.8, 4) is 17.0 Å². The molecule has 2 aromatic carbocycles. The molecule has 0 aliphatic carbocycles. The molecule has 0 aliphatic rings. The first kappa shape index (κ1) is 22.1. The molecule has 10 heteroatoms. The predicted octanol–water partition coefficient (Wildman–Crippen LogP) is 4.69. The highest BCUT2D eigenvalue weighted by Crippen LogP contribution is 2.33. The molecule has 0 fully saturated rings. The lowest BCUT2D eigenvalue weighted by atomic mass is 10.1. The molecule has 4 aromatic rings. The Morgan fingerprint density at radius 1 is 1.03 bits per heavy atom. The molecule has 2 heterocycles. The largest absolute Gasteiger partial charge is 0.486 e. The van der Waals surface area contributed by atoms with Crippen LogP contribution < -0.4 is 15.6 Å². The van der Waals surface area contributed by atoms with Crippen molar-refractivity contribution < 1.29 is 27.7 Å². The van der Waals surface area contributed by atoms with Gasteiger partial charge in [0.15, 0.2) is 5.76 Å². The number of nitrogens with one attached hydrogen (secondary N) is 2. The number of halogens is 2. The first-order chi connectivity index (χ1) is 15.9. The van der Waals surface area contributed by atoms with E-state index in [1.54, 1.807) is 18.2 Å². The van der Waals surface area contributed by atoms with Gasteiger partial charge in [0.1, 0.15) is 41.0 Å². The summed E-state index contributed by atoms with van der Waals surface area (Å²) >= 11 is 6.08. The number of hydrogen-bond acceptors (Lipinski definition) is 6. The van der Waals surface area contributed by atoms with Crippen LogP contribution in [0.5, 0.6) is 5.75 Å². The summed E-state index contributed by atoms with van der Waals surface area (Å²) in [6, 6.07) is 16.2. The number of aromatic nitrogens is 1. The van der Waals surface area contributed by atoms with Crippen LogP contribution in [0.2, 0.25) is 5.02 Å². The van der Waals surface area contributed by atoms with Gasteiger partial charge in [-0.2, -0.15) is 0 Å².